The molecule has 0 radical (unpaired) electrons. The fraction of sp³-hybridized carbons (Fsp3) is 0.300. The van der Waals surface area contributed by atoms with Crippen LogP contribution in [0.2, 0.25) is 0 Å². The molecule has 1 aromatic carbocycles. The zero-order valence-corrected chi connectivity index (χ0v) is 7.36. The van der Waals surface area contributed by atoms with Crippen LogP contribution in [0, 0.1) is 11.3 Å². The zero-order chi connectivity index (χ0) is 8.97. The van der Waals surface area contributed by atoms with E-state index in [1.54, 1.807) is 0 Å². The second kappa shape index (κ2) is 3.77. The number of hydrogen-bond donors (Lipinski definition) is 0. The number of benzene rings is 1. The van der Waals surface area contributed by atoms with Gasteiger partial charge in [-0.2, -0.15) is 5.26 Å². The molecule has 0 spiro atoms. The molecule has 0 aliphatic rings. The highest BCUT2D eigenvalue weighted by Crippen LogP contribution is 2.12. The summed E-state index contributed by atoms with van der Waals surface area (Å²) in [6, 6.07) is 12.0. The van der Waals surface area contributed by atoms with E-state index in [4.69, 9.17) is 5.26 Å². The number of rotatable bonds is 2. The van der Waals surface area contributed by atoms with Crippen LogP contribution in [0.3, 0.4) is 0 Å². The minimum atomic E-state index is -0.0765. The Morgan fingerprint density at radius 1 is 1.33 bits per heavy atom. The van der Waals surface area contributed by atoms with Crippen molar-refractivity contribution in [1.29, 1.82) is 5.26 Å². The van der Waals surface area contributed by atoms with Crippen molar-refractivity contribution >= 4 is 5.69 Å². The third-order valence-corrected chi connectivity index (χ3v) is 1.93. The Morgan fingerprint density at radius 2 is 1.92 bits per heavy atom. The van der Waals surface area contributed by atoms with Crippen molar-refractivity contribution in [3.05, 3.63) is 30.3 Å². The smallest absolute Gasteiger partial charge is 0.113 e. The largest absolute Gasteiger partial charge is 0.359 e. The van der Waals surface area contributed by atoms with Crippen LogP contribution in [0.5, 0.6) is 0 Å². The van der Waals surface area contributed by atoms with Gasteiger partial charge < -0.3 is 4.90 Å². The van der Waals surface area contributed by atoms with Gasteiger partial charge in [-0.3, -0.25) is 0 Å². The number of nitriles is 1. The summed E-state index contributed by atoms with van der Waals surface area (Å²) < 4.78 is 0. The molecule has 2 heteroatoms. The lowest BCUT2D eigenvalue weighted by atomic mass is 10.2. The van der Waals surface area contributed by atoms with Crippen LogP contribution in [0.4, 0.5) is 5.69 Å². The summed E-state index contributed by atoms with van der Waals surface area (Å²) >= 11 is 0. The molecular formula is C10H12N2. The zero-order valence-electron chi connectivity index (χ0n) is 7.36. The van der Waals surface area contributed by atoms with Crippen LogP contribution in [0.15, 0.2) is 30.3 Å². The molecule has 0 amide bonds. The van der Waals surface area contributed by atoms with Crippen molar-refractivity contribution in [3.63, 3.8) is 0 Å². The molecule has 0 bridgehead atoms. The number of para-hydroxylation sites is 1. The molecule has 62 valence electrons. The van der Waals surface area contributed by atoms with Gasteiger partial charge in [0.15, 0.2) is 0 Å². The lowest BCUT2D eigenvalue weighted by Gasteiger charge is -2.21. The van der Waals surface area contributed by atoms with Crippen molar-refractivity contribution in [2.45, 2.75) is 13.0 Å². The third-order valence-electron chi connectivity index (χ3n) is 1.93. The first-order valence-electron chi connectivity index (χ1n) is 3.93. The van der Waals surface area contributed by atoms with Gasteiger partial charge in [-0.25, -0.2) is 0 Å². The van der Waals surface area contributed by atoms with E-state index in [9.17, 15) is 0 Å². The molecule has 0 aromatic heterocycles. The van der Waals surface area contributed by atoms with Gasteiger partial charge in [-0.1, -0.05) is 18.2 Å². The Bertz CT molecular complexity index is 274. The van der Waals surface area contributed by atoms with Gasteiger partial charge in [0.05, 0.1) is 6.07 Å². The normalized spacial score (nSPS) is 11.8. The summed E-state index contributed by atoms with van der Waals surface area (Å²) in [5, 5.41) is 8.67. The predicted molar refractivity (Wildman–Crippen MR) is 49.9 cm³/mol. The Balaban J connectivity index is 2.80. The number of hydrogen-bond acceptors (Lipinski definition) is 2. The van der Waals surface area contributed by atoms with Crippen LogP contribution >= 0.6 is 0 Å². The van der Waals surface area contributed by atoms with E-state index in [1.807, 2.05) is 49.2 Å². The first-order valence-corrected chi connectivity index (χ1v) is 3.93. The Labute approximate surface area is 73.0 Å². The van der Waals surface area contributed by atoms with E-state index in [0.29, 0.717) is 0 Å². The summed E-state index contributed by atoms with van der Waals surface area (Å²) in [5.41, 5.74) is 1.08. The van der Waals surface area contributed by atoms with Gasteiger partial charge in [-0.15, -0.1) is 0 Å². The topological polar surface area (TPSA) is 27.0 Å². The maximum Gasteiger partial charge on any atom is 0.113 e. The van der Waals surface area contributed by atoms with Gasteiger partial charge in [0, 0.05) is 12.7 Å². The van der Waals surface area contributed by atoms with Crippen LogP contribution in [-0.4, -0.2) is 13.1 Å². The van der Waals surface area contributed by atoms with Crippen molar-refractivity contribution < 1.29 is 0 Å². The lowest BCUT2D eigenvalue weighted by molar-refractivity contribution is 0.835. The second-order valence-corrected chi connectivity index (χ2v) is 2.75. The first kappa shape index (κ1) is 8.61. The van der Waals surface area contributed by atoms with Gasteiger partial charge in [0.25, 0.3) is 0 Å². The molecule has 12 heavy (non-hydrogen) atoms. The van der Waals surface area contributed by atoms with Crippen molar-refractivity contribution in [1.82, 2.24) is 0 Å². The summed E-state index contributed by atoms with van der Waals surface area (Å²) in [4.78, 5) is 1.94. The highest BCUT2D eigenvalue weighted by molar-refractivity contribution is 5.47. The lowest BCUT2D eigenvalue weighted by Crippen LogP contribution is -2.26. The molecule has 0 saturated heterocycles. The van der Waals surface area contributed by atoms with E-state index >= 15 is 0 Å². The van der Waals surface area contributed by atoms with Crippen LogP contribution < -0.4 is 4.90 Å². The van der Waals surface area contributed by atoms with Gasteiger partial charge in [-0.05, 0) is 19.1 Å². The van der Waals surface area contributed by atoms with Crippen LogP contribution in [-0.2, 0) is 0 Å². The summed E-state index contributed by atoms with van der Waals surface area (Å²) in [5.74, 6) is 0. The predicted octanol–water partition coefficient (Wildman–Crippen LogP) is 2.03. The molecule has 2 nitrogen and oxygen atoms in total. The third kappa shape index (κ3) is 1.76. The molecule has 0 unspecified atom stereocenters. The quantitative estimate of drug-likeness (QED) is 0.662. The Morgan fingerprint density at radius 3 is 2.42 bits per heavy atom. The standard InChI is InChI=1S/C10H12N2/c1-9(8-11)12(2)10-6-4-3-5-7-10/h3-7,9H,1-2H3/t9-/m0/s1. The second-order valence-electron chi connectivity index (χ2n) is 2.75. The van der Waals surface area contributed by atoms with Crippen molar-refractivity contribution in [2.24, 2.45) is 0 Å². The fourth-order valence-corrected chi connectivity index (χ4v) is 0.973. The number of anilines is 1. The summed E-state index contributed by atoms with van der Waals surface area (Å²) in [7, 11) is 1.92. The monoisotopic (exact) mass is 160 g/mol. The van der Waals surface area contributed by atoms with E-state index in [0.717, 1.165) is 5.69 Å². The van der Waals surface area contributed by atoms with E-state index in [1.165, 1.54) is 0 Å². The highest BCUT2D eigenvalue weighted by Gasteiger charge is 2.06. The molecule has 0 aliphatic heterocycles. The molecule has 0 fully saturated rings. The Hall–Kier alpha value is -1.49. The number of nitrogens with zero attached hydrogens (tertiary/aromatic N) is 2. The SMILES string of the molecule is C[C@@H](C#N)N(C)c1ccccc1. The summed E-state index contributed by atoms with van der Waals surface area (Å²) in [6.07, 6.45) is 0. The van der Waals surface area contributed by atoms with Crippen LogP contribution in [0.1, 0.15) is 6.92 Å². The van der Waals surface area contributed by atoms with Crippen molar-refractivity contribution in [3.8, 4) is 6.07 Å². The maximum absolute atomic E-state index is 8.67. The average Bonchev–Trinajstić information content (AvgIpc) is 2.17. The Kier molecular flexibility index (Phi) is 2.71. The van der Waals surface area contributed by atoms with E-state index in [-0.39, 0.29) is 6.04 Å². The van der Waals surface area contributed by atoms with Crippen LogP contribution in [0.25, 0.3) is 0 Å². The van der Waals surface area contributed by atoms with Gasteiger partial charge >= 0.3 is 0 Å². The molecule has 1 rings (SSSR count). The minimum absolute atomic E-state index is 0.0765. The van der Waals surface area contributed by atoms with E-state index in [2.05, 4.69) is 6.07 Å². The van der Waals surface area contributed by atoms with Gasteiger partial charge in [0.2, 0.25) is 0 Å². The highest BCUT2D eigenvalue weighted by atomic mass is 15.1. The molecule has 0 aliphatic carbocycles. The van der Waals surface area contributed by atoms with Gasteiger partial charge in [0.1, 0.15) is 6.04 Å². The average molecular weight is 160 g/mol. The molecule has 1 aromatic rings. The maximum atomic E-state index is 8.67. The van der Waals surface area contributed by atoms with E-state index < -0.39 is 0 Å². The molecule has 0 saturated carbocycles. The minimum Gasteiger partial charge on any atom is -0.359 e. The fourth-order valence-electron chi connectivity index (χ4n) is 0.973. The molecule has 1 atom stereocenters. The van der Waals surface area contributed by atoms with Crippen molar-refractivity contribution in [2.75, 3.05) is 11.9 Å². The first-order chi connectivity index (χ1) is 5.75. The summed E-state index contributed by atoms with van der Waals surface area (Å²) in [6.45, 7) is 1.88. The molecule has 0 heterocycles. The molecule has 0 N–H and O–H groups in total. The molecular weight excluding hydrogens is 148 g/mol.